The number of nitrogens with two attached hydrogens (primary N) is 2. The summed E-state index contributed by atoms with van der Waals surface area (Å²) in [6.07, 6.45) is 4.38. The quantitative estimate of drug-likeness (QED) is 0.0480. The van der Waals surface area contributed by atoms with Crippen LogP contribution in [0.4, 0.5) is 16.2 Å². The number of benzene rings is 1. The summed E-state index contributed by atoms with van der Waals surface area (Å²) in [5.41, 5.74) is 13.4. The van der Waals surface area contributed by atoms with E-state index in [1.807, 2.05) is 0 Å². The van der Waals surface area contributed by atoms with Crippen LogP contribution in [0.25, 0.3) is 11.2 Å². The topological polar surface area (TPSA) is 200 Å². The Balaban J connectivity index is 1.30. The molecule has 0 saturated heterocycles. The molecule has 0 aliphatic carbocycles. The maximum Gasteiger partial charge on any atom is 0.243 e. The number of halogens is 2. The smallest absolute Gasteiger partial charge is 0.243 e. The van der Waals surface area contributed by atoms with Crippen molar-refractivity contribution in [3.05, 3.63) is 35.6 Å². The highest BCUT2D eigenvalue weighted by Crippen LogP contribution is 2.28. The van der Waals surface area contributed by atoms with Crippen LogP contribution in [-0.4, -0.2) is 122 Å². The van der Waals surface area contributed by atoms with Crippen LogP contribution in [0, 0.1) is 5.82 Å². The fourth-order valence-corrected chi connectivity index (χ4v) is 5.84. The molecule has 0 fully saturated rings. The Morgan fingerprint density at radius 1 is 0.843 bits per heavy atom. The molecule has 1 atom stereocenters. The van der Waals surface area contributed by atoms with Crippen molar-refractivity contribution in [2.24, 2.45) is 0 Å². The van der Waals surface area contributed by atoms with Crippen molar-refractivity contribution in [1.29, 1.82) is 0 Å². The number of unbranched alkanes of at least 4 members (excludes halogenated alkanes) is 3. The Bertz CT molecular complexity index is 1460. The number of rotatable bonds is 28. The van der Waals surface area contributed by atoms with Gasteiger partial charge in [0, 0.05) is 31.7 Å². The number of imidazole rings is 1. The monoisotopic (exact) mass is 756 g/mol. The first-order valence-electron chi connectivity index (χ1n) is 16.9. The van der Waals surface area contributed by atoms with Crippen LogP contribution in [0.1, 0.15) is 38.2 Å². The van der Waals surface area contributed by atoms with Crippen molar-refractivity contribution in [1.82, 2.24) is 30.2 Å². The molecule has 2 amide bonds. The summed E-state index contributed by atoms with van der Waals surface area (Å²) < 4.78 is 42.8. The summed E-state index contributed by atoms with van der Waals surface area (Å²) in [6, 6.07) is 5.13. The van der Waals surface area contributed by atoms with Gasteiger partial charge in [0.1, 0.15) is 11.9 Å². The molecule has 0 aliphatic rings. The first-order chi connectivity index (χ1) is 24.8. The number of alkyl halides is 1. The summed E-state index contributed by atoms with van der Waals surface area (Å²) >= 11 is 6.88. The van der Waals surface area contributed by atoms with Crippen LogP contribution in [0.5, 0.6) is 0 Å². The minimum absolute atomic E-state index is 0.0232. The minimum atomic E-state index is -0.872. The number of hydrogen-bond acceptors (Lipinski definition) is 13. The molecule has 2 aromatic heterocycles. The third-order valence-electron chi connectivity index (χ3n) is 7.14. The number of anilines is 2. The predicted octanol–water partition coefficient (Wildman–Crippen LogP) is 2.77. The van der Waals surface area contributed by atoms with E-state index in [9.17, 15) is 14.0 Å². The van der Waals surface area contributed by atoms with Crippen LogP contribution in [0.2, 0.25) is 0 Å². The number of ether oxygens (including phenoxy) is 5. The molecule has 0 unspecified atom stereocenters. The molecule has 3 aromatic rings. The van der Waals surface area contributed by atoms with E-state index in [-0.39, 0.29) is 54.8 Å². The molecule has 0 saturated carbocycles. The van der Waals surface area contributed by atoms with Crippen LogP contribution < -0.4 is 22.1 Å². The van der Waals surface area contributed by atoms with E-state index in [2.05, 4.69) is 25.6 Å². The number of hydrogen-bond donors (Lipinski definition) is 4. The number of nitrogens with one attached hydrogen (secondary N) is 2. The van der Waals surface area contributed by atoms with Crippen molar-refractivity contribution in [3.8, 4) is 0 Å². The number of amides is 2. The Hall–Kier alpha value is -3.32. The highest BCUT2D eigenvalue weighted by atomic mass is 35.5. The largest absolute Gasteiger partial charge is 0.382 e. The number of fused-ring (bicyclic) bond motifs is 1. The first kappa shape index (κ1) is 42.1. The second kappa shape index (κ2) is 24.8. The predicted molar refractivity (Wildman–Crippen MR) is 194 cm³/mol. The fraction of sp³-hybridized carbons (Fsp3) is 0.606. The molecule has 6 N–H and O–H groups in total. The Kier molecular flexibility index (Phi) is 20.5. The number of nitrogens with zero attached hydrogens (tertiary/aromatic N) is 4. The van der Waals surface area contributed by atoms with Crippen molar-refractivity contribution in [2.45, 2.75) is 50.4 Å². The summed E-state index contributed by atoms with van der Waals surface area (Å²) in [4.78, 5) is 37.8. The maximum atomic E-state index is 13.5. The Morgan fingerprint density at radius 2 is 1.43 bits per heavy atom. The van der Waals surface area contributed by atoms with Crippen molar-refractivity contribution in [2.75, 3.05) is 95.7 Å². The number of aromatic nitrogens is 4. The van der Waals surface area contributed by atoms with Gasteiger partial charge in [0.05, 0.1) is 66.0 Å². The molecule has 284 valence electrons. The zero-order chi connectivity index (χ0) is 36.7. The lowest BCUT2D eigenvalue weighted by Gasteiger charge is -2.17. The lowest BCUT2D eigenvalue weighted by molar-refractivity contribution is -0.127. The lowest BCUT2D eigenvalue weighted by Crippen LogP contribution is -2.48. The van der Waals surface area contributed by atoms with Gasteiger partial charge < -0.3 is 45.8 Å². The standard InChI is InChI=1S/C33H50ClFN8O7S/c1-24(44)39-27(23-51-33-40-28-29(36)41-32(37)42-30(28)43(33)22-25-6-8-26(35)9-7-25)31(45)38-11-13-47-15-17-49-19-21-50-20-18-48-16-14-46-12-5-3-2-4-10-34/h6-9,27H,2-5,10-23H2,1H3,(H,38,45)(H,39,44)(H4,36,37,41,42)/t27-/m0/s1. The molecule has 2 heterocycles. The van der Waals surface area contributed by atoms with E-state index < -0.39 is 6.04 Å². The van der Waals surface area contributed by atoms with Crippen LogP contribution in [0.15, 0.2) is 29.4 Å². The van der Waals surface area contributed by atoms with Gasteiger partial charge in [0.2, 0.25) is 17.8 Å². The number of nitrogen functional groups attached to an aromatic ring is 2. The van der Waals surface area contributed by atoms with E-state index in [1.165, 1.54) is 30.8 Å². The summed E-state index contributed by atoms with van der Waals surface area (Å²) in [5.74, 6) is -0.167. The third-order valence-corrected chi connectivity index (χ3v) is 8.47. The Morgan fingerprint density at radius 3 is 2.04 bits per heavy atom. The molecule has 0 bridgehead atoms. The van der Waals surface area contributed by atoms with Gasteiger partial charge in [-0.1, -0.05) is 36.7 Å². The van der Waals surface area contributed by atoms with E-state index in [0.29, 0.717) is 69.2 Å². The number of thioether (sulfide) groups is 1. The summed E-state index contributed by atoms with van der Waals surface area (Å²) in [7, 11) is 0. The lowest BCUT2D eigenvalue weighted by atomic mass is 10.2. The molecular formula is C33H50ClFN8O7S. The number of carbonyl (C=O) groups excluding carboxylic acids is 2. The second-order valence-electron chi connectivity index (χ2n) is 11.3. The Labute approximate surface area is 307 Å². The fourth-order valence-electron chi connectivity index (χ4n) is 4.63. The van der Waals surface area contributed by atoms with Gasteiger partial charge in [-0.05, 0) is 30.5 Å². The van der Waals surface area contributed by atoms with Gasteiger partial charge in [0.25, 0.3) is 0 Å². The van der Waals surface area contributed by atoms with Crippen molar-refractivity contribution in [3.63, 3.8) is 0 Å². The minimum Gasteiger partial charge on any atom is -0.382 e. The average Bonchev–Trinajstić information content (AvgIpc) is 3.44. The first-order valence-corrected chi connectivity index (χ1v) is 18.5. The SMILES string of the molecule is CC(=O)N[C@@H](CSc1nc2c(N)nc(N)nc2n1Cc1ccc(F)cc1)C(=O)NCCOCCOCCOCCOCCOCCCCCCCl. The number of carbonyl (C=O) groups is 2. The third kappa shape index (κ3) is 16.7. The van der Waals surface area contributed by atoms with Gasteiger partial charge in [-0.3, -0.25) is 14.2 Å². The highest BCUT2D eigenvalue weighted by molar-refractivity contribution is 7.99. The van der Waals surface area contributed by atoms with Crippen molar-refractivity contribution >= 4 is 58.1 Å². The molecule has 18 heteroatoms. The molecule has 0 radical (unpaired) electrons. The normalized spacial score (nSPS) is 12.0. The summed E-state index contributed by atoms with van der Waals surface area (Å²) in [6.45, 7) is 6.52. The summed E-state index contributed by atoms with van der Waals surface area (Å²) in [5, 5.41) is 5.93. The maximum absolute atomic E-state index is 13.5. The van der Waals surface area contributed by atoms with Gasteiger partial charge in [-0.15, -0.1) is 11.6 Å². The van der Waals surface area contributed by atoms with Crippen molar-refractivity contribution < 1.29 is 37.7 Å². The van der Waals surface area contributed by atoms with E-state index >= 15 is 0 Å². The zero-order valence-electron chi connectivity index (χ0n) is 29.1. The van der Waals surface area contributed by atoms with Crippen LogP contribution >= 0.6 is 23.4 Å². The van der Waals surface area contributed by atoms with Gasteiger partial charge in [-0.2, -0.15) is 9.97 Å². The molecule has 51 heavy (non-hydrogen) atoms. The van der Waals surface area contributed by atoms with Gasteiger partial charge in [-0.25, -0.2) is 9.37 Å². The second-order valence-corrected chi connectivity index (χ2v) is 12.6. The van der Waals surface area contributed by atoms with Crippen LogP contribution in [-0.2, 0) is 39.8 Å². The molecule has 0 spiro atoms. The van der Waals surface area contributed by atoms with E-state index in [0.717, 1.165) is 43.7 Å². The molecule has 0 aliphatic heterocycles. The molecule has 1 aromatic carbocycles. The van der Waals surface area contributed by atoms with Crippen LogP contribution in [0.3, 0.4) is 0 Å². The highest BCUT2D eigenvalue weighted by Gasteiger charge is 2.23. The molecule has 15 nitrogen and oxygen atoms in total. The van der Waals surface area contributed by atoms with E-state index in [1.54, 1.807) is 16.7 Å². The van der Waals surface area contributed by atoms with Gasteiger partial charge >= 0.3 is 0 Å². The molecule has 3 rings (SSSR count). The zero-order valence-corrected chi connectivity index (χ0v) is 30.7. The van der Waals surface area contributed by atoms with Gasteiger partial charge in [0.15, 0.2) is 22.1 Å². The molecular weight excluding hydrogens is 707 g/mol. The van der Waals surface area contributed by atoms with E-state index in [4.69, 9.17) is 46.8 Å². The average molecular weight is 757 g/mol.